The van der Waals surface area contributed by atoms with Crippen LogP contribution in [0.4, 0.5) is 0 Å². The summed E-state index contributed by atoms with van der Waals surface area (Å²) in [7, 11) is 0. The van der Waals surface area contributed by atoms with Gasteiger partial charge in [0.05, 0.1) is 35.8 Å². The van der Waals surface area contributed by atoms with Crippen molar-refractivity contribution in [3.8, 4) is 0 Å². The minimum atomic E-state index is -0.386. The summed E-state index contributed by atoms with van der Waals surface area (Å²) < 4.78 is 10.7. The third kappa shape index (κ3) is 2.29. The Morgan fingerprint density at radius 1 is 1.53 bits per heavy atom. The van der Waals surface area contributed by atoms with Crippen molar-refractivity contribution in [1.29, 1.82) is 0 Å². The van der Waals surface area contributed by atoms with Gasteiger partial charge in [-0.15, -0.1) is 11.3 Å². The summed E-state index contributed by atoms with van der Waals surface area (Å²) in [4.78, 5) is 8.84. The van der Waals surface area contributed by atoms with E-state index >= 15 is 0 Å². The molecular weight excluding hydrogens is 264 g/mol. The van der Waals surface area contributed by atoms with Crippen molar-refractivity contribution in [3.63, 3.8) is 0 Å². The van der Waals surface area contributed by atoms with E-state index in [0.717, 1.165) is 10.7 Å². The third-order valence-electron chi connectivity index (χ3n) is 3.48. The van der Waals surface area contributed by atoms with Crippen LogP contribution >= 0.6 is 11.3 Å². The Kier molecular flexibility index (Phi) is 3.12. The highest BCUT2D eigenvalue weighted by Gasteiger charge is 2.44. The lowest BCUT2D eigenvalue weighted by Crippen LogP contribution is -2.42. The molecule has 19 heavy (non-hydrogen) atoms. The van der Waals surface area contributed by atoms with Crippen LogP contribution < -0.4 is 5.73 Å². The number of nitrogens with two attached hydrogens (primary N) is 1. The normalized spacial score (nSPS) is 27.0. The predicted molar refractivity (Wildman–Crippen MR) is 70.1 cm³/mol. The smallest absolute Gasteiger partial charge is 0.236 e. The van der Waals surface area contributed by atoms with E-state index in [0.29, 0.717) is 31.3 Å². The first-order valence-corrected chi connectivity index (χ1v) is 7.03. The quantitative estimate of drug-likeness (QED) is 0.904. The van der Waals surface area contributed by atoms with Gasteiger partial charge >= 0.3 is 0 Å². The summed E-state index contributed by atoms with van der Waals surface area (Å²) in [5, 5.41) is 7.06. The molecule has 2 aromatic rings. The van der Waals surface area contributed by atoms with Crippen molar-refractivity contribution in [2.24, 2.45) is 5.73 Å². The molecule has 0 saturated carbocycles. The summed E-state index contributed by atoms with van der Waals surface area (Å²) in [5.74, 6) is 1.19. The van der Waals surface area contributed by atoms with E-state index in [-0.39, 0.29) is 11.5 Å². The maximum Gasteiger partial charge on any atom is 0.236 e. The van der Waals surface area contributed by atoms with Gasteiger partial charge in [-0.25, -0.2) is 4.98 Å². The number of hydrogen-bond donors (Lipinski definition) is 1. The highest BCUT2D eigenvalue weighted by molar-refractivity contribution is 7.09. The van der Waals surface area contributed by atoms with Gasteiger partial charge in [-0.05, 0) is 13.8 Å². The molecule has 1 saturated heterocycles. The number of ether oxygens (including phenoxy) is 1. The zero-order valence-corrected chi connectivity index (χ0v) is 11.7. The number of nitrogens with zero attached hydrogens (tertiary/aromatic N) is 3. The third-order valence-corrected chi connectivity index (χ3v) is 4.30. The van der Waals surface area contributed by atoms with Crippen LogP contribution in [-0.4, -0.2) is 34.4 Å². The van der Waals surface area contributed by atoms with E-state index in [2.05, 4.69) is 15.1 Å². The van der Waals surface area contributed by atoms with E-state index in [1.165, 1.54) is 0 Å². The van der Waals surface area contributed by atoms with Crippen LogP contribution in [0.15, 0.2) is 9.90 Å². The first-order chi connectivity index (χ1) is 9.08. The first kappa shape index (κ1) is 12.7. The molecule has 7 heteroatoms. The monoisotopic (exact) mass is 280 g/mol. The molecule has 3 rings (SSSR count). The van der Waals surface area contributed by atoms with Crippen LogP contribution in [0.5, 0.6) is 0 Å². The fourth-order valence-electron chi connectivity index (χ4n) is 2.12. The van der Waals surface area contributed by atoms with E-state index < -0.39 is 0 Å². The number of hydrogen-bond acceptors (Lipinski definition) is 7. The second kappa shape index (κ2) is 4.66. The van der Waals surface area contributed by atoms with E-state index in [4.69, 9.17) is 15.0 Å². The van der Waals surface area contributed by atoms with E-state index in [1.54, 1.807) is 11.3 Å². The minimum Gasteiger partial charge on any atom is -0.379 e. The summed E-state index contributed by atoms with van der Waals surface area (Å²) in [5.41, 5.74) is 6.63. The van der Waals surface area contributed by atoms with Crippen LogP contribution in [0.3, 0.4) is 0 Å². The maximum absolute atomic E-state index is 6.05. The van der Waals surface area contributed by atoms with Gasteiger partial charge in [-0.3, -0.25) is 0 Å². The van der Waals surface area contributed by atoms with Crippen LogP contribution in [0.2, 0.25) is 0 Å². The van der Waals surface area contributed by atoms with Gasteiger partial charge in [0.25, 0.3) is 0 Å². The second-order valence-corrected chi connectivity index (χ2v) is 6.15. The summed E-state index contributed by atoms with van der Waals surface area (Å²) in [6.07, 6.45) is 0.583. The molecule has 3 heterocycles. The molecule has 0 aromatic carbocycles. The van der Waals surface area contributed by atoms with Crippen LogP contribution in [-0.2, 0) is 16.6 Å². The summed E-state index contributed by atoms with van der Waals surface area (Å²) >= 11 is 1.62. The number of thiazole rings is 1. The van der Waals surface area contributed by atoms with Crippen LogP contribution in [0.1, 0.15) is 29.3 Å². The predicted octanol–water partition coefficient (Wildman–Crippen LogP) is 1.04. The zero-order chi connectivity index (χ0) is 13.5. The lowest BCUT2D eigenvalue weighted by molar-refractivity contribution is 0.169. The van der Waals surface area contributed by atoms with E-state index in [9.17, 15) is 0 Å². The molecule has 1 fully saturated rings. The largest absolute Gasteiger partial charge is 0.379 e. The van der Waals surface area contributed by atoms with Crippen LogP contribution in [0, 0.1) is 6.92 Å². The van der Waals surface area contributed by atoms with Crippen molar-refractivity contribution in [2.45, 2.75) is 31.7 Å². The molecule has 2 atom stereocenters. The highest BCUT2D eigenvalue weighted by atomic mass is 32.1. The number of aryl methyl sites for hydroxylation is 1. The second-order valence-electron chi connectivity index (χ2n) is 5.09. The molecule has 2 N–H and O–H groups in total. The molecule has 0 spiro atoms. The molecule has 102 valence electrons. The fourth-order valence-corrected chi connectivity index (χ4v) is 2.73. The average Bonchev–Trinajstić information content (AvgIpc) is 3.05. The van der Waals surface area contributed by atoms with Crippen molar-refractivity contribution in [1.82, 2.24) is 15.1 Å². The highest BCUT2D eigenvalue weighted by Crippen LogP contribution is 2.30. The molecular formula is C12H16N4O2S. The molecule has 0 radical (unpaired) electrons. The molecule has 0 bridgehead atoms. The first-order valence-electron chi connectivity index (χ1n) is 6.15. The van der Waals surface area contributed by atoms with Crippen molar-refractivity contribution >= 4 is 11.3 Å². The topological polar surface area (TPSA) is 87.1 Å². The average molecular weight is 280 g/mol. The van der Waals surface area contributed by atoms with Gasteiger partial charge < -0.3 is 15.0 Å². The van der Waals surface area contributed by atoms with Crippen molar-refractivity contribution in [3.05, 3.63) is 27.8 Å². The molecule has 1 aliphatic heterocycles. The molecule has 0 aliphatic carbocycles. The van der Waals surface area contributed by atoms with Crippen LogP contribution in [0.25, 0.3) is 0 Å². The van der Waals surface area contributed by atoms with Crippen molar-refractivity contribution in [2.75, 3.05) is 13.2 Å². The molecule has 6 nitrogen and oxygen atoms in total. The Balaban J connectivity index is 1.80. The fraction of sp³-hybridized carbons (Fsp3) is 0.583. The maximum atomic E-state index is 6.05. The van der Waals surface area contributed by atoms with Gasteiger partial charge in [-0.2, -0.15) is 4.98 Å². The number of rotatable bonds is 3. The van der Waals surface area contributed by atoms with Gasteiger partial charge in [0, 0.05) is 11.4 Å². The van der Waals surface area contributed by atoms with Gasteiger partial charge in [-0.1, -0.05) is 5.16 Å². The Hall–Kier alpha value is -1.31. The Labute approximate surface area is 115 Å². The van der Waals surface area contributed by atoms with Crippen molar-refractivity contribution < 1.29 is 9.26 Å². The Bertz CT molecular complexity index is 582. The molecule has 2 unspecified atom stereocenters. The summed E-state index contributed by atoms with van der Waals surface area (Å²) in [6, 6.07) is -0.109. The van der Waals surface area contributed by atoms with Gasteiger partial charge in [0.2, 0.25) is 5.89 Å². The zero-order valence-electron chi connectivity index (χ0n) is 10.9. The molecule has 0 amide bonds. The summed E-state index contributed by atoms with van der Waals surface area (Å²) in [6.45, 7) is 5.02. The lowest BCUT2D eigenvalue weighted by Gasteiger charge is -2.21. The SMILES string of the molecule is Cc1nc(Cc2noc(C3(C)COCC3N)n2)cs1. The lowest BCUT2D eigenvalue weighted by atomic mass is 9.86. The number of aromatic nitrogens is 3. The molecule has 1 aliphatic rings. The molecule has 2 aromatic heterocycles. The Morgan fingerprint density at radius 2 is 2.37 bits per heavy atom. The minimum absolute atomic E-state index is 0.109. The van der Waals surface area contributed by atoms with Gasteiger partial charge in [0.1, 0.15) is 0 Å². The van der Waals surface area contributed by atoms with E-state index in [1.807, 2.05) is 19.2 Å². The Morgan fingerprint density at radius 3 is 3.00 bits per heavy atom. The van der Waals surface area contributed by atoms with Gasteiger partial charge in [0.15, 0.2) is 5.82 Å². The standard InChI is InChI=1S/C12H16N4O2S/c1-7-14-8(5-19-7)3-10-15-11(18-16-10)12(2)6-17-4-9(12)13/h5,9H,3-4,6,13H2,1-2H3.